The van der Waals surface area contributed by atoms with Gasteiger partial charge in [0.2, 0.25) is 15.9 Å². The molecule has 1 heterocycles. The van der Waals surface area contributed by atoms with E-state index in [1.54, 1.807) is 11.0 Å². The molecule has 0 radical (unpaired) electrons. The zero-order valence-corrected chi connectivity index (χ0v) is 13.8. The number of benzene rings is 1. The van der Waals surface area contributed by atoms with Crippen molar-refractivity contribution in [1.82, 2.24) is 9.21 Å². The van der Waals surface area contributed by atoms with Gasteiger partial charge in [-0.05, 0) is 11.6 Å². The predicted octanol–water partition coefficient (Wildman–Crippen LogP) is 1.79. The van der Waals surface area contributed by atoms with Gasteiger partial charge in [0, 0.05) is 37.5 Å². The first-order valence-corrected chi connectivity index (χ1v) is 8.92. The standard InChI is InChI=1S/C16H22N2O3S/c1-14(2)16(19)17-9-11-18(12-10-17)22(20,21)13-8-15-6-4-3-5-7-15/h3-8,13-14H,9-12H2,1-2H3/b13-8+. The van der Waals surface area contributed by atoms with Gasteiger partial charge >= 0.3 is 0 Å². The van der Waals surface area contributed by atoms with Crippen LogP contribution in [0.1, 0.15) is 19.4 Å². The normalized spacial score (nSPS) is 17.3. The summed E-state index contributed by atoms with van der Waals surface area (Å²) in [5.41, 5.74) is 0.847. The Hall–Kier alpha value is -1.66. The molecule has 0 atom stereocenters. The monoisotopic (exact) mass is 322 g/mol. The molecular weight excluding hydrogens is 300 g/mol. The van der Waals surface area contributed by atoms with E-state index in [9.17, 15) is 13.2 Å². The topological polar surface area (TPSA) is 57.7 Å². The molecule has 2 rings (SSSR count). The average molecular weight is 322 g/mol. The van der Waals surface area contributed by atoms with Crippen LogP contribution in [0.25, 0.3) is 6.08 Å². The summed E-state index contributed by atoms with van der Waals surface area (Å²) in [4.78, 5) is 13.6. The molecular formula is C16H22N2O3S. The van der Waals surface area contributed by atoms with Gasteiger partial charge in [0.15, 0.2) is 0 Å². The van der Waals surface area contributed by atoms with Gasteiger partial charge in [-0.25, -0.2) is 8.42 Å². The van der Waals surface area contributed by atoms with Crippen LogP contribution in [0.3, 0.4) is 0 Å². The number of amides is 1. The maximum atomic E-state index is 12.3. The molecule has 0 aliphatic carbocycles. The SMILES string of the molecule is CC(C)C(=O)N1CCN(S(=O)(=O)/C=C/c2ccccc2)CC1. The minimum absolute atomic E-state index is 0.0545. The van der Waals surface area contributed by atoms with Crippen LogP contribution in [0, 0.1) is 5.92 Å². The van der Waals surface area contributed by atoms with E-state index in [1.165, 1.54) is 9.71 Å². The first-order valence-electron chi connectivity index (χ1n) is 7.42. The number of sulfonamides is 1. The smallest absolute Gasteiger partial charge is 0.236 e. The van der Waals surface area contributed by atoms with Crippen LogP contribution in [0.4, 0.5) is 0 Å². The van der Waals surface area contributed by atoms with E-state index in [4.69, 9.17) is 0 Å². The zero-order chi connectivity index (χ0) is 16.2. The van der Waals surface area contributed by atoms with Crippen LogP contribution in [0.15, 0.2) is 35.7 Å². The Balaban J connectivity index is 1.98. The van der Waals surface area contributed by atoms with Gasteiger partial charge in [0.25, 0.3) is 0 Å². The number of carbonyl (C=O) groups excluding carboxylic acids is 1. The highest BCUT2D eigenvalue weighted by atomic mass is 32.2. The molecule has 120 valence electrons. The van der Waals surface area contributed by atoms with E-state index >= 15 is 0 Å². The van der Waals surface area contributed by atoms with Gasteiger partial charge in [-0.2, -0.15) is 4.31 Å². The fourth-order valence-electron chi connectivity index (χ4n) is 2.34. The summed E-state index contributed by atoms with van der Waals surface area (Å²) in [7, 11) is -3.44. The van der Waals surface area contributed by atoms with E-state index in [2.05, 4.69) is 0 Å². The fourth-order valence-corrected chi connectivity index (χ4v) is 3.52. The lowest BCUT2D eigenvalue weighted by Gasteiger charge is -2.34. The van der Waals surface area contributed by atoms with Crippen LogP contribution >= 0.6 is 0 Å². The molecule has 0 unspecified atom stereocenters. The van der Waals surface area contributed by atoms with Crippen LogP contribution in [-0.2, 0) is 14.8 Å². The molecule has 0 saturated carbocycles. The molecule has 5 nitrogen and oxygen atoms in total. The summed E-state index contributed by atoms with van der Waals surface area (Å²) in [6.45, 7) is 5.31. The molecule has 1 aromatic carbocycles. The molecule has 1 fully saturated rings. The Kier molecular flexibility index (Phi) is 5.37. The number of rotatable bonds is 4. The van der Waals surface area contributed by atoms with Crippen molar-refractivity contribution in [3.63, 3.8) is 0 Å². The lowest BCUT2D eigenvalue weighted by Crippen LogP contribution is -2.51. The van der Waals surface area contributed by atoms with Crippen molar-refractivity contribution in [2.24, 2.45) is 5.92 Å². The van der Waals surface area contributed by atoms with E-state index < -0.39 is 10.0 Å². The minimum atomic E-state index is -3.44. The second-order valence-electron chi connectivity index (χ2n) is 5.64. The molecule has 6 heteroatoms. The summed E-state index contributed by atoms with van der Waals surface area (Å²) in [6.07, 6.45) is 1.60. The van der Waals surface area contributed by atoms with Gasteiger partial charge in [0.1, 0.15) is 0 Å². The molecule has 0 spiro atoms. The number of nitrogens with zero attached hydrogens (tertiary/aromatic N) is 2. The largest absolute Gasteiger partial charge is 0.340 e. The first kappa shape index (κ1) is 16.7. The molecule has 1 aliphatic rings. The highest BCUT2D eigenvalue weighted by Crippen LogP contribution is 2.13. The molecule has 0 bridgehead atoms. The van der Waals surface area contributed by atoms with E-state index in [1.807, 2.05) is 44.2 Å². The van der Waals surface area contributed by atoms with E-state index in [-0.39, 0.29) is 11.8 Å². The Bertz CT molecular complexity index is 631. The molecule has 1 amide bonds. The number of hydrogen-bond donors (Lipinski definition) is 0. The Labute approximate surface area is 132 Å². The van der Waals surface area contributed by atoms with Crippen LogP contribution < -0.4 is 0 Å². The van der Waals surface area contributed by atoms with Gasteiger partial charge in [0.05, 0.1) is 0 Å². The molecule has 0 N–H and O–H groups in total. The minimum Gasteiger partial charge on any atom is -0.340 e. The lowest BCUT2D eigenvalue weighted by atomic mass is 10.2. The maximum Gasteiger partial charge on any atom is 0.236 e. The third kappa shape index (κ3) is 4.18. The zero-order valence-electron chi connectivity index (χ0n) is 13.0. The molecule has 22 heavy (non-hydrogen) atoms. The molecule has 1 aromatic rings. The van der Waals surface area contributed by atoms with Crippen molar-refractivity contribution in [2.45, 2.75) is 13.8 Å². The van der Waals surface area contributed by atoms with Crippen molar-refractivity contribution >= 4 is 22.0 Å². The third-order valence-corrected chi connectivity index (χ3v) is 5.20. The van der Waals surface area contributed by atoms with Crippen molar-refractivity contribution < 1.29 is 13.2 Å². The predicted molar refractivity (Wildman–Crippen MR) is 87.4 cm³/mol. The molecule has 1 aliphatic heterocycles. The van der Waals surface area contributed by atoms with Gasteiger partial charge in [-0.15, -0.1) is 0 Å². The highest BCUT2D eigenvalue weighted by molar-refractivity contribution is 7.92. The second-order valence-corrected chi connectivity index (χ2v) is 7.46. The summed E-state index contributed by atoms with van der Waals surface area (Å²) >= 11 is 0. The summed E-state index contributed by atoms with van der Waals surface area (Å²) in [6, 6.07) is 9.32. The van der Waals surface area contributed by atoms with Crippen molar-refractivity contribution in [1.29, 1.82) is 0 Å². The van der Waals surface area contributed by atoms with E-state index in [0.29, 0.717) is 26.2 Å². The summed E-state index contributed by atoms with van der Waals surface area (Å²) in [5.74, 6) is 0.0259. The van der Waals surface area contributed by atoms with Crippen LogP contribution in [-0.4, -0.2) is 49.7 Å². The van der Waals surface area contributed by atoms with Gasteiger partial charge in [-0.3, -0.25) is 4.79 Å². The number of carbonyl (C=O) groups is 1. The van der Waals surface area contributed by atoms with Gasteiger partial charge in [-0.1, -0.05) is 44.2 Å². The fraction of sp³-hybridized carbons (Fsp3) is 0.438. The summed E-state index contributed by atoms with van der Waals surface area (Å²) < 4.78 is 26.0. The van der Waals surface area contributed by atoms with Crippen LogP contribution in [0.5, 0.6) is 0 Å². The van der Waals surface area contributed by atoms with Gasteiger partial charge < -0.3 is 4.90 Å². The Morgan fingerprint density at radius 3 is 2.23 bits per heavy atom. The van der Waals surface area contributed by atoms with Crippen molar-refractivity contribution in [3.05, 3.63) is 41.3 Å². The quantitative estimate of drug-likeness (QED) is 0.849. The maximum absolute atomic E-state index is 12.3. The average Bonchev–Trinajstić information content (AvgIpc) is 2.53. The lowest BCUT2D eigenvalue weighted by molar-refractivity contribution is -0.135. The third-order valence-electron chi connectivity index (χ3n) is 3.64. The molecule has 0 aromatic heterocycles. The van der Waals surface area contributed by atoms with Crippen molar-refractivity contribution in [3.8, 4) is 0 Å². The first-order chi connectivity index (χ1) is 10.4. The number of piperazine rings is 1. The summed E-state index contributed by atoms with van der Waals surface area (Å²) in [5, 5.41) is 1.24. The Morgan fingerprint density at radius 1 is 1.09 bits per heavy atom. The number of hydrogen-bond acceptors (Lipinski definition) is 3. The highest BCUT2D eigenvalue weighted by Gasteiger charge is 2.28. The van der Waals surface area contributed by atoms with Crippen LogP contribution in [0.2, 0.25) is 0 Å². The second kappa shape index (κ2) is 7.07. The van der Waals surface area contributed by atoms with Crippen molar-refractivity contribution in [2.75, 3.05) is 26.2 Å². The Morgan fingerprint density at radius 2 is 1.68 bits per heavy atom. The van der Waals surface area contributed by atoms with E-state index in [0.717, 1.165) is 5.56 Å². The molecule has 1 saturated heterocycles.